The van der Waals surface area contributed by atoms with Crippen LogP contribution in [0.5, 0.6) is 17.2 Å². The van der Waals surface area contributed by atoms with Crippen LogP contribution in [0.3, 0.4) is 0 Å². The maximum absolute atomic E-state index is 13.9. The fourth-order valence-electron chi connectivity index (χ4n) is 3.58. The van der Waals surface area contributed by atoms with E-state index in [2.05, 4.69) is 10.1 Å². The average Bonchev–Trinajstić information content (AvgIpc) is 3.33. The van der Waals surface area contributed by atoms with E-state index < -0.39 is 5.91 Å². The molecule has 37 heavy (non-hydrogen) atoms. The zero-order chi connectivity index (χ0) is 25.8. The zero-order valence-corrected chi connectivity index (χ0v) is 20.5. The number of halogens is 1. The summed E-state index contributed by atoms with van der Waals surface area (Å²) in [6.45, 7) is 0.224. The van der Waals surface area contributed by atoms with E-state index >= 15 is 0 Å². The maximum Gasteiger partial charge on any atom is 0.283 e. The first kappa shape index (κ1) is 24.3. The van der Waals surface area contributed by atoms with Crippen molar-refractivity contribution < 1.29 is 23.4 Å². The molecule has 5 rings (SSSR count). The number of hydrogen-bond donors (Lipinski definition) is 1. The molecule has 1 N–H and O–H groups in total. The second-order valence-corrected chi connectivity index (χ2v) is 8.95. The summed E-state index contributed by atoms with van der Waals surface area (Å²) in [6, 6.07) is 20.7. The van der Waals surface area contributed by atoms with Crippen molar-refractivity contribution in [3.8, 4) is 17.2 Å². The number of rotatable bonds is 8. The molecule has 2 aliphatic heterocycles. The van der Waals surface area contributed by atoms with E-state index in [0.717, 1.165) is 0 Å². The number of ether oxygens (including phenoxy) is 3. The lowest BCUT2D eigenvalue weighted by Gasteiger charge is -2.20. The first-order chi connectivity index (χ1) is 18.0. The summed E-state index contributed by atoms with van der Waals surface area (Å²) in [6.07, 6.45) is 1.55. The number of carbonyl (C=O) groups is 1. The molecule has 3 aromatic carbocycles. The molecule has 0 bridgehead atoms. The van der Waals surface area contributed by atoms with Crippen LogP contribution in [-0.2, 0) is 11.4 Å². The first-order valence-electron chi connectivity index (χ1n) is 11.2. The normalized spacial score (nSPS) is 15.8. The Hall–Kier alpha value is -4.44. The van der Waals surface area contributed by atoms with Crippen LogP contribution in [-0.4, -0.2) is 40.7 Å². The van der Waals surface area contributed by atoms with E-state index in [0.29, 0.717) is 38.6 Å². The van der Waals surface area contributed by atoms with Gasteiger partial charge in [-0.2, -0.15) is 15.1 Å². The molecule has 1 amide bonds. The molecular weight excluding hydrogens is 495 g/mol. The minimum Gasteiger partial charge on any atom is -0.493 e. The highest BCUT2D eigenvalue weighted by molar-refractivity contribution is 8.27. The highest BCUT2D eigenvalue weighted by Gasteiger charge is 2.35. The lowest BCUT2D eigenvalue weighted by atomic mass is 10.1. The Bertz CT molecular complexity index is 1460. The molecule has 2 aliphatic rings. The van der Waals surface area contributed by atoms with Gasteiger partial charge in [0.2, 0.25) is 5.17 Å². The fourth-order valence-corrected chi connectivity index (χ4v) is 4.38. The largest absolute Gasteiger partial charge is 0.493 e. The van der Waals surface area contributed by atoms with Crippen molar-refractivity contribution in [3.63, 3.8) is 0 Å². The van der Waals surface area contributed by atoms with E-state index in [4.69, 9.17) is 19.6 Å². The van der Waals surface area contributed by atoms with Crippen LogP contribution in [0, 0.1) is 11.2 Å². The summed E-state index contributed by atoms with van der Waals surface area (Å²) in [5.74, 6) is 0.537. The maximum atomic E-state index is 13.9. The Balaban J connectivity index is 1.31. The molecule has 0 aliphatic carbocycles. The number of hydrogen-bond acceptors (Lipinski definition) is 7. The van der Waals surface area contributed by atoms with Gasteiger partial charge in [-0.05, 0) is 53.7 Å². The number of thioether (sulfide) groups is 1. The van der Waals surface area contributed by atoms with Gasteiger partial charge in [-0.25, -0.2) is 4.39 Å². The number of nitrogens with one attached hydrogen (secondary N) is 1. The van der Waals surface area contributed by atoms with Gasteiger partial charge < -0.3 is 14.2 Å². The van der Waals surface area contributed by atoms with Crippen molar-refractivity contribution in [2.24, 2.45) is 10.1 Å². The second-order valence-electron chi connectivity index (χ2n) is 7.91. The third kappa shape index (κ3) is 5.39. The lowest BCUT2D eigenvalue weighted by Crippen LogP contribution is -2.35. The predicted octanol–water partition coefficient (Wildman–Crippen LogP) is 5.11. The van der Waals surface area contributed by atoms with E-state index in [-0.39, 0.29) is 30.4 Å². The third-order valence-electron chi connectivity index (χ3n) is 5.44. The van der Waals surface area contributed by atoms with Gasteiger partial charge in [-0.3, -0.25) is 10.2 Å². The Morgan fingerprint density at radius 1 is 1.00 bits per heavy atom. The molecule has 0 aromatic heterocycles. The van der Waals surface area contributed by atoms with Crippen LogP contribution in [0.25, 0.3) is 6.08 Å². The van der Waals surface area contributed by atoms with Gasteiger partial charge in [-0.1, -0.05) is 42.5 Å². The predicted molar refractivity (Wildman–Crippen MR) is 141 cm³/mol. The van der Waals surface area contributed by atoms with Crippen molar-refractivity contribution in [1.29, 1.82) is 5.41 Å². The minimum atomic E-state index is -0.539. The van der Waals surface area contributed by atoms with E-state index in [9.17, 15) is 9.18 Å². The highest BCUT2D eigenvalue weighted by Crippen LogP contribution is 2.32. The molecule has 10 heteroatoms. The van der Waals surface area contributed by atoms with E-state index in [1.165, 1.54) is 29.9 Å². The number of aliphatic imine (C=N–C) groups is 1. The van der Waals surface area contributed by atoms with Gasteiger partial charge in [0.25, 0.3) is 5.91 Å². The number of hydrazone groups is 1. The summed E-state index contributed by atoms with van der Waals surface area (Å²) in [5.41, 5.74) is 1.11. The summed E-state index contributed by atoms with van der Waals surface area (Å²) in [4.78, 5) is 16.8. The van der Waals surface area contributed by atoms with Gasteiger partial charge in [0.15, 0.2) is 17.3 Å². The minimum absolute atomic E-state index is 0.0328. The van der Waals surface area contributed by atoms with Gasteiger partial charge in [-0.15, -0.1) is 0 Å². The van der Waals surface area contributed by atoms with Crippen molar-refractivity contribution >= 4 is 39.8 Å². The van der Waals surface area contributed by atoms with Crippen molar-refractivity contribution in [2.45, 2.75) is 6.61 Å². The molecule has 3 aromatic rings. The van der Waals surface area contributed by atoms with Crippen LogP contribution in [0.1, 0.15) is 11.1 Å². The molecular formula is C27H21FN4O4S. The molecule has 0 radical (unpaired) electrons. The number of methoxy groups -OCH3 is 1. The Morgan fingerprint density at radius 2 is 1.78 bits per heavy atom. The molecule has 8 nitrogen and oxygen atoms in total. The Kier molecular flexibility index (Phi) is 7.00. The Morgan fingerprint density at radius 3 is 2.57 bits per heavy atom. The summed E-state index contributed by atoms with van der Waals surface area (Å²) in [5, 5.41) is 15.2. The standard InChI is InChI=1S/C27H21FN4O4S/c1-34-23-14-17(11-12-22(23)36-15-18-7-5-6-10-21(18)28)13-20-25(29)32-27(30-26(20)33)37-24(31-32)16-35-19-8-3-2-4-9-19/h2-14,29H,15-16H2,1H3. The van der Waals surface area contributed by atoms with E-state index in [1.54, 1.807) is 42.5 Å². The molecule has 0 atom stereocenters. The van der Waals surface area contributed by atoms with Crippen molar-refractivity contribution in [1.82, 2.24) is 5.01 Å². The number of fused-ring (bicyclic) bond motifs is 1. The van der Waals surface area contributed by atoms with Crippen LogP contribution in [0.15, 0.2) is 88.5 Å². The van der Waals surface area contributed by atoms with Gasteiger partial charge in [0, 0.05) is 5.56 Å². The van der Waals surface area contributed by atoms with Gasteiger partial charge in [0.05, 0.1) is 12.7 Å². The molecule has 0 unspecified atom stereocenters. The quantitative estimate of drug-likeness (QED) is 0.418. The third-order valence-corrected chi connectivity index (χ3v) is 6.32. The van der Waals surface area contributed by atoms with Gasteiger partial charge >= 0.3 is 0 Å². The molecule has 0 spiro atoms. The lowest BCUT2D eigenvalue weighted by molar-refractivity contribution is -0.114. The summed E-state index contributed by atoms with van der Waals surface area (Å²) in [7, 11) is 1.49. The number of carbonyl (C=O) groups excluding carboxylic acids is 1. The molecule has 186 valence electrons. The fraction of sp³-hybridized carbons (Fsp3) is 0.111. The van der Waals surface area contributed by atoms with Crippen molar-refractivity contribution in [3.05, 3.63) is 95.3 Å². The summed E-state index contributed by atoms with van der Waals surface area (Å²) < 4.78 is 30.8. The zero-order valence-electron chi connectivity index (χ0n) is 19.7. The number of amidine groups is 2. The second kappa shape index (κ2) is 10.7. The van der Waals surface area contributed by atoms with Crippen LogP contribution in [0.2, 0.25) is 0 Å². The number of benzene rings is 3. The first-order valence-corrected chi connectivity index (χ1v) is 12.0. The molecule has 0 fully saturated rings. The highest BCUT2D eigenvalue weighted by atomic mass is 32.2. The van der Waals surface area contributed by atoms with Gasteiger partial charge in [0.1, 0.15) is 29.8 Å². The summed E-state index contributed by atoms with van der Waals surface area (Å²) >= 11 is 1.19. The van der Waals surface area contributed by atoms with Crippen LogP contribution >= 0.6 is 11.8 Å². The van der Waals surface area contributed by atoms with Crippen LogP contribution in [0.4, 0.5) is 4.39 Å². The van der Waals surface area contributed by atoms with Crippen molar-refractivity contribution in [2.75, 3.05) is 13.7 Å². The molecule has 0 saturated heterocycles. The number of amides is 1. The molecule has 0 saturated carbocycles. The average molecular weight is 517 g/mol. The van der Waals surface area contributed by atoms with Crippen LogP contribution < -0.4 is 14.2 Å². The van der Waals surface area contributed by atoms with E-state index in [1.807, 2.05) is 30.3 Å². The SMILES string of the molecule is COc1cc(C=C2C(=N)N3N=C(COc4ccccc4)SC3=NC2=O)ccc1OCc1ccccc1F. The topological polar surface area (TPSA) is 96.6 Å². The Labute approximate surface area is 216 Å². The number of para-hydroxylation sites is 1. The number of nitrogens with zero attached hydrogens (tertiary/aromatic N) is 3. The smallest absolute Gasteiger partial charge is 0.283 e. The monoisotopic (exact) mass is 516 g/mol. The molecule has 2 heterocycles.